The summed E-state index contributed by atoms with van der Waals surface area (Å²) in [5.74, 6) is 0. The van der Waals surface area contributed by atoms with Gasteiger partial charge in [-0.3, -0.25) is 0 Å². The molecule has 0 amide bonds. The summed E-state index contributed by atoms with van der Waals surface area (Å²) in [4.78, 5) is 9.72. The van der Waals surface area contributed by atoms with E-state index in [2.05, 4.69) is 69.8 Å². The zero-order valence-electron chi connectivity index (χ0n) is 12.8. The lowest BCUT2D eigenvalue weighted by atomic mass is 10.3. The Kier molecular flexibility index (Phi) is 5.34. The molecule has 122 valence electrons. The second kappa shape index (κ2) is 7.67. The van der Waals surface area contributed by atoms with Crippen LogP contribution in [-0.2, 0) is 6.42 Å². The number of thiophene rings is 4. The summed E-state index contributed by atoms with van der Waals surface area (Å²) < 4.78 is 0. The van der Waals surface area contributed by atoms with Crippen molar-refractivity contribution in [3.05, 3.63) is 58.8 Å². The molecule has 0 fully saturated rings. The van der Waals surface area contributed by atoms with Crippen molar-refractivity contribution in [2.75, 3.05) is 5.33 Å². The molecule has 0 saturated carbocycles. The van der Waals surface area contributed by atoms with Gasteiger partial charge in [0.05, 0.1) is 0 Å². The maximum absolute atomic E-state index is 3.51. The van der Waals surface area contributed by atoms with Crippen molar-refractivity contribution in [3.63, 3.8) is 0 Å². The Balaban J connectivity index is 1.55. The largest absolute Gasteiger partial charge is 0.143 e. The van der Waals surface area contributed by atoms with E-state index >= 15 is 0 Å². The first kappa shape index (κ1) is 16.7. The fraction of sp³-hybridized carbons (Fsp3) is 0.158. The SMILES string of the molecule is BrCCCc1ccc(-c2ccc(-c3ccc(-c4cccs4)s3)s2)s1. The molecule has 0 spiro atoms. The van der Waals surface area contributed by atoms with E-state index in [0.717, 1.165) is 5.33 Å². The minimum atomic E-state index is 1.08. The Morgan fingerprint density at radius 2 is 1.25 bits per heavy atom. The van der Waals surface area contributed by atoms with Crippen LogP contribution in [0.3, 0.4) is 0 Å². The van der Waals surface area contributed by atoms with Crippen molar-refractivity contribution in [2.45, 2.75) is 12.8 Å². The van der Waals surface area contributed by atoms with E-state index in [0.29, 0.717) is 0 Å². The second-order valence-electron chi connectivity index (χ2n) is 5.36. The van der Waals surface area contributed by atoms with E-state index in [9.17, 15) is 0 Å². The molecule has 4 aromatic heterocycles. The predicted molar refractivity (Wildman–Crippen MR) is 116 cm³/mol. The summed E-state index contributed by atoms with van der Waals surface area (Å²) in [5.41, 5.74) is 0. The molecule has 0 aliphatic carbocycles. The lowest BCUT2D eigenvalue weighted by molar-refractivity contribution is 0.959. The van der Waals surface area contributed by atoms with E-state index in [4.69, 9.17) is 0 Å². The quantitative estimate of drug-likeness (QED) is 0.259. The zero-order chi connectivity index (χ0) is 16.4. The van der Waals surface area contributed by atoms with Gasteiger partial charge >= 0.3 is 0 Å². The topological polar surface area (TPSA) is 0 Å². The van der Waals surface area contributed by atoms with E-state index < -0.39 is 0 Å². The smallest absolute Gasteiger partial charge is 0.0449 e. The lowest BCUT2D eigenvalue weighted by Gasteiger charge is -1.93. The van der Waals surface area contributed by atoms with Crippen LogP contribution in [0.25, 0.3) is 29.3 Å². The van der Waals surface area contributed by atoms with Crippen LogP contribution in [0, 0.1) is 0 Å². The van der Waals surface area contributed by atoms with Crippen molar-refractivity contribution < 1.29 is 0 Å². The highest BCUT2D eigenvalue weighted by molar-refractivity contribution is 9.09. The average molecular weight is 452 g/mol. The summed E-state index contributed by atoms with van der Waals surface area (Å²) in [7, 11) is 0. The van der Waals surface area contributed by atoms with Crippen LogP contribution in [0.4, 0.5) is 0 Å². The molecule has 0 bridgehead atoms. The van der Waals surface area contributed by atoms with Crippen LogP contribution in [-0.4, -0.2) is 5.33 Å². The monoisotopic (exact) mass is 450 g/mol. The number of rotatable bonds is 6. The minimum absolute atomic E-state index is 1.08. The van der Waals surface area contributed by atoms with Gasteiger partial charge in [-0.25, -0.2) is 0 Å². The van der Waals surface area contributed by atoms with Gasteiger partial charge in [-0.15, -0.1) is 45.3 Å². The third-order valence-electron chi connectivity index (χ3n) is 3.68. The minimum Gasteiger partial charge on any atom is -0.143 e. The Morgan fingerprint density at radius 3 is 1.83 bits per heavy atom. The molecule has 24 heavy (non-hydrogen) atoms. The first-order valence-corrected chi connectivity index (χ1v) is 12.2. The van der Waals surface area contributed by atoms with Crippen molar-refractivity contribution in [1.29, 1.82) is 0 Å². The molecule has 5 heteroatoms. The number of alkyl halides is 1. The Bertz CT molecular complexity index is 911. The molecule has 0 radical (unpaired) electrons. The van der Waals surface area contributed by atoms with Gasteiger partial charge in [0.15, 0.2) is 0 Å². The van der Waals surface area contributed by atoms with Gasteiger partial charge in [-0.05, 0) is 60.7 Å². The van der Waals surface area contributed by atoms with E-state index in [1.165, 1.54) is 47.0 Å². The molecular weight excluding hydrogens is 436 g/mol. The molecule has 0 saturated heterocycles. The van der Waals surface area contributed by atoms with E-state index in [1.54, 1.807) is 0 Å². The van der Waals surface area contributed by atoms with Crippen molar-refractivity contribution in [3.8, 4) is 29.3 Å². The van der Waals surface area contributed by atoms with Gasteiger partial charge in [0.2, 0.25) is 0 Å². The van der Waals surface area contributed by atoms with Gasteiger partial charge in [0, 0.05) is 39.5 Å². The van der Waals surface area contributed by atoms with Crippen LogP contribution in [0.1, 0.15) is 11.3 Å². The van der Waals surface area contributed by atoms with Crippen LogP contribution in [0.15, 0.2) is 53.9 Å². The number of aryl methyl sites for hydroxylation is 1. The third-order valence-corrected chi connectivity index (χ3v) is 9.01. The Morgan fingerprint density at radius 1 is 0.667 bits per heavy atom. The van der Waals surface area contributed by atoms with Crippen LogP contribution in [0.2, 0.25) is 0 Å². The van der Waals surface area contributed by atoms with E-state index in [1.807, 2.05) is 45.3 Å². The number of hydrogen-bond donors (Lipinski definition) is 0. The van der Waals surface area contributed by atoms with Crippen molar-refractivity contribution in [2.24, 2.45) is 0 Å². The Hall–Kier alpha value is -0.720. The summed E-state index contributed by atoms with van der Waals surface area (Å²) in [6.45, 7) is 0. The van der Waals surface area contributed by atoms with Crippen molar-refractivity contribution >= 4 is 61.3 Å². The molecule has 4 heterocycles. The van der Waals surface area contributed by atoms with Crippen LogP contribution in [0.5, 0.6) is 0 Å². The summed E-state index contributed by atoms with van der Waals surface area (Å²) in [6, 6.07) is 17.9. The first-order chi connectivity index (χ1) is 11.8. The predicted octanol–water partition coefficient (Wildman–Crippen LogP) is 8.26. The molecule has 0 nitrogen and oxygen atoms in total. The summed E-state index contributed by atoms with van der Waals surface area (Å²) in [5, 5.41) is 3.22. The number of halogens is 1. The zero-order valence-corrected chi connectivity index (χ0v) is 17.7. The fourth-order valence-corrected chi connectivity index (χ4v) is 6.87. The molecule has 0 N–H and O–H groups in total. The molecule has 0 aliphatic heterocycles. The third kappa shape index (κ3) is 3.60. The lowest BCUT2D eigenvalue weighted by Crippen LogP contribution is -1.79. The summed E-state index contributed by atoms with van der Waals surface area (Å²) in [6.07, 6.45) is 2.37. The van der Waals surface area contributed by atoms with Gasteiger partial charge in [-0.1, -0.05) is 22.0 Å². The molecule has 4 rings (SSSR count). The molecule has 0 aliphatic rings. The Labute approximate surface area is 166 Å². The fourth-order valence-electron chi connectivity index (χ4n) is 2.51. The van der Waals surface area contributed by atoms with Crippen LogP contribution >= 0.6 is 61.3 Å². The molecule has 0 unspecified atom stereocenters. The average Bonchev–Trinajstić information content (AvgIpc) is 3.40. The van der Waals surface area contributed by atoms with Crippen molar-refractivity contribution in [1.82, 2.24) is 0 Å². The van der Waals surface area contributed by atoms with E-state index in [-0.39, 0.29) is 0 Å². The maximum Gasteiger partial charge on any atom is 0.0449 e. The van der Waals surface area contributed by atoms with Gasteiger partial charge in [0.1, 0.15) is 0 Å². The molecular formula is C19H15BrS4. The van der Waals surface area contributed by atoms with Crippen LogP contribution < -0.4 is 0 Å². The molecule has 0 aromatic carbocycles. The first-order valence-electron chi connectivity index (χ1n) is 7.72. The van der Waals surface area contributed by atoms with Gasteiger partial charge in [-0.2, -0.15) is 0 Å². The maximum atomic E-state index is 3.51. The standard InChI is InChI=1S/C19H15BrS4/c20-11-1-3-13-5-6-16(22-13)17-9-10-19(24-17)18-8-7-15(23-18)14-4-2-12-21-14/h2,4-10,12H,1,3,11H2. The highest BCUT2D eigenvalue weighted by Gasteiger charge is 2.10. The molecule has 0 atom stereocenters. The number of hydrogen-bond acceptors (Lipinski definition) is 4. The van der Waals surface area contributed by atoms with Gasteiger partial charge in [0.25, 0.3) is 0 Å². The summed E-state index contributed by atoms with van der Waals surface area (Å²) >= 11 is 11.0. The highest BCUT2D eigenvalue weighted by Crippen LogP contribution is 2.42. The molecule has 4 aromatic rings. The second-order valence-corrected chi connectivity index (χ2v) is 10.4. The van der Waals surface area contributed by atoms with Gasteiger partial charge < -0.3 is 0 Å². The normalized spacial score (nSPS) is 11.2. The highest BCUT2D eigenvalue weighted by atomic mass is 79.9.